The van der Waals surface area contributed by atoms with Gasteiger partial charge in [0.05, 0.1) is 33.6 Å². The van der Waals surface area contributed by atoms with Gasteiger partial charge in [-0.1, -0.05) is 12.1 Å². The van der Waals surface area contributed by atoms with Crippen LogP contribution < -0.4 is 24.4 Å². The number of carbonyl (C=O) groups excluding carboxylic acids is 1. The minimum absolute atomic E-state index is 0.0331. The molecule has 2 rings (SSSR count). The van der Waals surface area contributed by atoms with Crippen LogP contribution >= 0.6 is 0 Å². The lowest BCUT2D eigenvalue weighted by atomic mass is 10.1. The molecule has 1 amide bonds. The zero-order valence-corrected chi connectivity index (χ0v) is 15.3. The Morgan fingerprint density at radius 3 is 2.23 bits per heavy atom. The van der Waals surface area contributed by atoms with E-state index in [1.165, 1.54) is 27.4 Å². The SMILES string of the molecule is COc1cc(CNC(=O)CN(C)c2ccccc2F)cc(OC)c1OC. The maximum Gasteiger partial charge on any atom is 0.239 e. The predicted molar refractivity (Wildman–Crippen MR) is 97.6 cm³/mol. The molecule has 0 atom stereocenters. The third kappa shape index (κ3) is 4.56. The number of likely N-dealkylation sites (N-methyl/N-ethyl adjacent to an activating group) is 1. The van der Waals surface area contributed by atoms with E-state index in [-0.39, 0.29) is 24.8 Å². The van der Waals surface area contributed by atoms with Crippen molar-refractivity contribution in [2.75, 3.05) is 39.8 Å². The first-order valence-corrected chi connectivity index (χ1v) is 8.01. The van der Waals surface area contributed by atoms with Gasteiger partial charge in [0, 0.05) is 13.6 Å². The zero-order chi connectivity index (χ0) is 19.1. The van der Waals surface area contributed by atoms with Gasteiger partial charge >= 0.3 is 0 Å². The Labute approximate surface area is 152 Å². The fourth-order valence-electron chi connectivity index (χ4n) is 2.56. The van der Waals surface area contributed by atoms with Crippen LogP contribution in [-0.2, 0) is 11.3 Å². The van der Waals surface area contributed by atoms with Crippen molar-refractivity contribution in [3.63, 3.8) is 0 Å². The second kappa shape index (κ2) is 8.94. The number of carbonyl (C=O) groups is 1. The Morgan fingerprint density at radius 2 is 1.69 bits per heavy atom. The smallest absolute Gasteiger partial charge is 0.239 e. The molecule has 0 bridgehead atoms. The van der Waals surface area contributed by atoms with Crippen molar-refractivity contribution in [2.24, 2.45) is 0 Å². The highest BCUT2D eigenvalue weighted by Gasteiger charge is 2.14. The first-order chi connectivity index (χ1) is 12.5. The number of anilines is 1. The summed E-state index contributed by atoms with van der Waals surface area (Å²) < 4.78 is 29.6. The molecule has 0 saturated carbocycles. The monoisotopic (exact) mass is 362 g/mol. The number of amides is 1. The number of benzene rings is 2. The van der Waals surface area contributed by atoms with Gasteiger partial charge in [0.2, 0.25) is 11.7 Å². The van der Waals surface area contributed by atoms with E-state index in [1.54, 1.807) is 42.3 Å². The van der Waals surface area contributed by atoms with E-state index in [1.807, 2.05) is 0 Å². The van der Waals surface area contributed by atoms with Gasteiger partial charge in [-0.25, -0.2) is 4.39 Å². The molecule has 2 aromatic rings. The van der Waals surface area contributed by atoms with Crippen molar-refractivity contribution in [3.8, 4) is 17.2 Å². The Kier molecular flexibility index (Phi) is 6.66. The fraction of sp³-hybridized carbons (Fsp3) is 0.316. The summed E-state index contributed by atoms with van der Waals surface area (Å²) in [6.45, 7) is 0.312. The van der Waals surface area contributed by atoms with E-state index < -0.39 is 0 Å². The van der Waals surface area contributed by atoms with Crippen LogP contribution in [-0.4, -0.2) is 40.8 Å². The van der Waals surface area contributed by atoms with Crippen molar-refractivity contribution in [1.82, 2.24) is 5.32 Å². The summed E-state index contributed by atoms with van der Waals surface area (Å²) in [4.78, 5) is 13.7. The number of para-hydroxylation sites is 1. The molecule has 6 nitrogen and oxygen atoms in total. The average Bonchev–Trinajstić information content (AvgIpc) is 2.65. The third-order valence-corrected chi connectivity index (χ3v) is 3.86. The topological polar surface area (TPSA) is 60.0 Å². The summed E-state index contributed by atoms with van der Waals surface area (Å²) in [6, 6.07) is 9.85. The lowest BCUT2D eigenvalue weighted by Crippen LogP contribution is -2.35. The predicted octanol–water partition coefficient (Wildman–Crippen LogP) is 2.60. The molecular weight excluding hydrogens is 339 g/mol. The average molecular weight is 362 g/mol. The number of halogens is 1. The van der Waals surface area contributed by atoms with E-state index in [4.69, 9.17) is 14.2 Å². The number of nitrogens with zero attached hydrogens (tertiary/aromatic N) is 1. The van der Waals surface area contributed by atoms with Crippen molar-refractivity contribution < 1.29 is 23.4 Å². The second-order valence-corrected chi connectivity index (χ2v) is 5.62. The molecule has 1 N–H and O–H groups in total. The van der Waals surface area contributed by atoms with Crippen molar-refractivity contribution in [1.29, 1.82) is 0 Å². The van der Waals surface area contributed by atoms with E-state index in [0.29, 0.717) is 22.9 Å². The van der Waals surface area contributed by atoms with E-state index >= 15 is 0 Å². The number of ether oxygens (including phenoxy) is 3. The highest BCUT2D eigenvalue weighted by Crippen LogP contribution is 2.38. The molecule has 0 aliphatic rings. The van der Waals surface area contributed by atoms with Crippen molar-refractivity contribution in [2.45, 2.75) is 6.54 Å². The molecule has 0 saturated heterocycles. The second-order valence-electron chi connectivity index (χ2n) is 5.62. The zero-order valence-electron chi connectivity index (χ0n) is 15.3. The maximum absolute atomic E-state index is 13.8. The summed E-state index contributed by atoms with van der Waals surface area (Å²) in [6.07, 6.45) is 0. The summed E-state index contributed by atoms with van der Waals surface area (Å²) >= 11 is 0. The molecule has 2 aromatic carbocycles. The summed E-state index contributed by atoms with van der Waals surface area (Å²) in [5, 5.41) is 2.80. The summed E-state index contributed by atoms with van der Waals surface area (Å²) in [5.41, 5.74) is 1.16. The maximum atomic E-state index is 13.8. The van der Waals surface area contributed by atoms with Gasteiger partial charge in [0.25, 0.3) is 0 Å². The van der Waals surface area contributed by atoms with Gasteiger partial charge in [0.15, 0.2) is 11.5 Å². The number of hydrogen-bond donors (Lipinski definition) is 1. The molecule has 0 spiro atoms. The van der Waals surface area contributed by atoms with Gasteiger partial charge < -0.3 is 24.4 Å². The molecule has 7 heteroatoms. The number of nitrogens with one attached hydrogen (secondary N) is 1. The summed E-state index contributed by atoms with van der Waals surface area (Å²) in [5.74, 6) is 0.917. The van der Waals surface area contributed by atoms with Gasteiger partial charge in [-0.15, -0.1) is 0 Å². The minimum Gasteiger partial charge on any atom is -0.493 e. The van der Waals surface area contributed by atoms with Crippen LogP contribution in [0.15, 0.2) is 36.4 Å². The molecule has 0 aliphatic heterocycles. The molecule has 26 heavy (non-hydrogen) atoms. The summed E-state index contributed by atoms with van der Waals surface area (Å²) in [7, 11) is 6.25. The minimum atomic E-state index is -0.368. The van der Waals surface area contributed by atoms with Gasteiger partial charge in [0.1, 0.15) is 5.82 Å². The molecule has 140 valence electrons. The standard InChI is InChI=1S/C19H23FN2O4/c1-22(15-8-6-5-7-14(15)20)12-18(23)21-11-13-9-16(24-2)19(26-4)17(10-13)25-3/h5-10H,11-12H2,1-4H3,(H,21,23). The van der Waals surface area contributed by atoms with Crippen LogP contribution in [0.1, 0.15) is 5.56 Å². The number of methoxy groups -OCH3 is 3. The largest absolute Gasteiger partial charge is 0.493 e. The Balaban J connectivity index is 2.02. The van der Waals surface area contributed by atoms with Crippen LogP contribution in [0.4, 0.5) is 10.1 Å². The van der Waals surface area contributed by atoms with E-state index in [0.717, 1.165) is 5.56 Å². The lowest BCUT2D eigenvalue weighted by molar-refractivity contribution is -0.119. The Bertz CT molecular complexity index is 742. The first kappa shape index (κ1) is 19.4. The van der Waals surface area contributed by atoms with Crippen LogP contribution in [0, 0.1) is 5.82 Å². The molecule has 0 heterocycles. The molecule has 0 fully saturated rings. The normalized spacial score (nSPS) is 10.2. The highest BCUT2D eigenvalue weighted by atomic mass is 19.1. The van der Waals surface area contributed by atoms with Gasteiger partial charge in [-0.05, 0) is 29.8 Å². The molecule has 0 unspecified atom stereocenters. The van der Waals surface area contributed by atoms with Crippen LogP contribution in [0.25, 0.3) is 0 Å². The first-order valence-electron chi connectivity index (χ1n) is 8.01. The van der Waals surface area contributed by atoms with E-state index in [9.17, 15) is 9.18 Å². The Hall–Kier alpha value is -2.96. The van der Waals surface area contributed by atoms with Gasteiger partial charge in [-0.3, -0.25) is 4.79 Å². The highest BCUT2D eigenvalue weighted by molar-refractivity contribution is 5.81. The van der Waals surface area contributed by atoms with Crippen LogP contribution in [0.3, 0.4) is 0 Å². The van der Waals surface area contributed by atoms with Crippen molar-refractivity contribution in [3.05, 3.63) is 47.8 Å². The fourth-order valence-corrected chi connectivity index (χ4v) is 2.56. The Morgan fingerprint density at radius 1 is 1.08 bits per heavy atom. The number of rotatable bonds is 8. The van der Waals surface area contributed by atoms with Crippen molar-refractivity contribution >= 4 is 11.6 Å². The number of hydrogen-bond acceptors (Lipinski definition) is 5. The van der Waals surface area contributed by atoms with Crippen LogP contribution in [0.5, 0.6) is 17.2 Å². The molecular formula is C19H23FN2O4. The molecule has 0 aliphatic carbocycles. The van der Waals surface area contributed by atoms with Gasteiger partial charge in [-0.2, -0.15) is 0 Å². The lowest BCUT2D eigenvalue weighted by Gasteiger charge is -2.19. The third-order valence-electron chi connectivity index (χ3n) is 3.86. The van der Waals surface area contributed by atoms with E-state index in [2.05, 4.69) is 5.32 Å². The molecule has 0 aromatic heterocycles. The van der Waals surface area contributed by atoms with Crippen LogP contribution in [0.2, 0.25) is 0 Å². The quantitative estimate of drug-likeness (QED) is 0.782. The molecule has 0 radical (unpaired) electrons.